The van der Waals surface area contributed by atoms with Crippen LogP contribution in [0.5, 0.6) is 5.75 Å². The lowest BCUT2D eigenvalue weighted by molar-refractivity contribution is 0.141. The van der Waals surface area contributed by atoms with Gasteiger partial charge in [0.25, 0.3) is 0 Å². The molecule has 0 amide bonds. The highest BCUT2D eigenvalue weighted by Crippen LogP contribution is 2.21. The van der Waals surface area contributed by atoms with Crippen molar-refractivity contribution in [3.05, 3.63) is 66.0 Å². The van der Waals surface area contributed by atoms with Crippen molar-refractivity contribution in [3.8, 4) is 17.1 Å². The second kappa shape index (κ2) is 9.55. The van der Waals surface area contributed by atoms with E-state index in [4.69, 9.17) is 14.6 Å². The minimum absolute atomic E-state index is 0.493. The van der Waals surface area contributed by atoms with Gasteiger partial charge in [0, 0.05) is 35.9 Å². The summed E-state index contributed by atoms with van der Waals surface area (Å²) in [4.78, 5) is 22.9. The third-order valence-corrected chi connectivity index (χ3v) is 3.99. The highest BCUT2D eigenvalue weighted by Gasteiger charge is 2.06. The minimum Gasteiger partial charge on any atom is -0.497 e. The maximum absolute atomic E-state index is 5.38. The van der Waals surface area contributed by atoms with Gasteiger partial charge >= 0.3 is 0 Å². The lowest BCUT2D eigenvalue weighted by atomic mass is 10.1. The summed E-state index contributed by atoms with van der Waals surface area (Å²) in [6.07, 6.45) is 4.94. The fourth-order valence-corrected chi connectivity index (χ4v) is 2.63. The Morgan fingerprint density at radius 2 is 1.86 bits per heavy atom. The van der Waals surface area contributed by atoms with E-state index in [-0.39, 0.29) is 0 Å². The van der Waals surface area contributed by atoms with Gasteiger partial charge in [-0.15, -0.1) is 0 Å². The number of methoxy groups -OCH3 is 1. The molecule has 7 nitrogen and oxygen atoms in total. The number of aromatic nitrogens is 4. The molecule has 3 heterocycles. The van der Waals surface area contributed by atoms with E-state index >= 15 is 0 Å². The number of ether oxygens (including phenoxy) is 1. The minimum atomic E-state index is 0.493. The zero-order chi connectivity index (χ0) is 19.8. The zero-order valence-corrected chi connectivity index (χ0v) is 16.3. The second-order valence-electron chi connectivity index (χ2n) is 6.23. The Balaban J connectivity index is 1.56. The van der Waals surface area contributed by atoms with E-state index in [2.05, 4.69) is 20.1 Å². The molecule has 0 aliphatic carbocycles. The van der Waals surface area contributed by atoms with Crippen LogP contribution in [0.3, 0.4) is 0 Å². The summed E-state index contributed by atoms with van der Waals surface area (Å²) in [6, 6.07) is 11.5. The Morgan fingerprint density at radius 1 is 1.04 bits per heavy atom. The Labute approximate surface area is 164 Å². The molecule has 0 saturated carbocycles. The van der Waals surface area contributed by atoms with Crippen molar-refractivity contribution in [2.75, 3.05) is 13.7 Å². The molecule has 28 heavy (non-hydrogen) atoms. The van der Waals surface area contributed by atoms with Gasteiger partial charge < -0.3 is 9.57 Å². The summed E-state index contributed by atoms with van der Waals surface area (Å²) in [7, 11) is 1.65. The van der Waals surface area contributed by atoms with E-state index in [0.717, 1.165) is 41.4 Å². The molecule has 0 bridgehead atoms. The molecule has 0 unspecified atom stereocenters. The van der Waals surface area contributed by atoms with Crippen molar-refractivity contribution in [1.82, 2.24) is 19.9 Å². The molecular weight excluding hydrogens is 354 g/mol. The van der Waals surface area contributed by atoms with E-state index in [9.17, 15) is 0 Å². The molecule has 0 N–H and O–H groups in total. The third kappa shape index (κ3) is 5.33. The monoisotopic (exact) mass is 377 g/mol. The van der Waals surface area contributed by atoms with Crippen LogP contribution in [0.25, 0.3) is 11.4 Å². The number of oxime groups is 1. The molecule has 0 saturated heterocycles. The van der Waals surface area contributed by atoms with Crippen molar-refractivity contribution >= 4 is 5.71 Å². The van der Waals surface area contributed by atoms with Crippen LogP contribution in [0.1, 0.15) is 30.6 Å². The van der Waals surface area contributed by atoms with Crippen molar-refractivity contribution in [2.45, 2.75) is 26.7 Å². The van der Waals surface area contributed by atoms with Gasteiger partial charge in [-0.1, -0.05) is 11.2 Å². The Kier molecular flexibility index (Phi) is 6.62. The van der Waals surface area contributed by atoms with E-state index < -0.39 is 0 Å². The van der Waals surface area contributed by atoms with E-state index in [1.54, 1.807) is 25.6 Å². The quantitative estimate of drug-likeness (QED) is 0.339. The van der Waals surface area contributed by atoms with Crippen LogP contribution < -0.4 is 4.74 Å². The van der Waals surface area contributed by atoms with Gasteiger partial charge in [-0.3, -0.25) is 9.97 Å². The maximum atomic E-state index is 5.38. The van der Waals surface area contributed by atoms with Crippen molar-refractivity contribution in [2.24, 2.45) is 5.16 Å². The number of rotatable bonds is 8. The van der Waals surface area contributed by atoms with Crippen LogP contribution >= 0.6 is 0 Å². The van der Waals surface area contributed by atoms with E-state index in [1.165, 1.54) is 0 Å². The predicted octanol–water partition coefficient (Wildman–Crippen LogP) is 3.62. The molecule has 0 radical (unpaired) electrons. The largest absolute Gasteiger partial charge is 0.497 e. The van der Waals surface area contributed by atoms with Crippen LogP contribution in [-0.4, -0.2) is 39.4 Å². The number of hydrogen-bond acceptors (Lipinski definition) is 7. The molecular formula is C21H23N5O2. The summed E-state index contributed by atoms with van der Waals surface area (Å²) in [6.45, 7) is 4.26. The van der Waals surface area contributed by atoms with Crippen LogP contribution in [-0.2, 0) is 11.3 Å². The molecule has 3 rings (SSSR count). The first-order chi connectivity index (χ1) is 13.7. The number of hydrogen-bond donors (Lipinski definition) is 0. The lowest BCUT2D eigenvalue weighted by Gasteiger charge is -2.07. The lowest BCUT2D eigenvalue weighted by Crippen LogP contribution is -2.03. The van der Waals surface area contributed by atoms with Gasteiger partial charge in [0.05, 0.1) is 18.5 Å². The molecule has 0 fully saturated rings. The number of pyridine rings is 2. The highest BCUT2D eigenvalue weighted by molar-refractivity contribution is 5.94. The summed E-state index contributed by atoms with van der Waals surface area (Å²) in [5.41, 5.74) is 4.16. The van der Waals surface area contributed by atoms with Crippen LogP contribution in [0.2, 0.25) is 0 Å². The van der Waals surface area contributed by atoms with Crippen LogP contribution in [0, 0.1) is 6.92 Å². The van der Waals surface area contributed by atoms with Crippen molar-refractivity contribution in [3.63, 3.8) is 0 Å². The Hall–Kier alpha value is -3.35. The first-order valence-electron chi connectivity index (χ1n) is 9.08. The Bertz CT molecular complexity index is 945. The second-order valence-corrected chi connectivity index (χ2v) is 6.23. The summed E-state index contributed by atoms with van der Waals surface area (Å²) in [5, 5.41) is 4.07. The molecule has 0 atom stereocenters. The molecule has 7 heteroatoms. The first kappa shape index (κ1) is 19.4. The normalized spacial score (nSPS) is 11.3. The highest BCUT2D eigenvalue weighted by atomic mass is 16.6. The average Bonchev–Trinajstić information content (AvgIpc) is 2.73. The zero-order valence-electron chi connectivity index (χ0n) is 16.3. The van der Waals surface area contributed by atoms with Gasteiger partial charge in [0.2, 0.25) is 0 Å². The van der Waals surface area contributed by atoms with Crippen LogP contribution in [0.4, 0.5) is 0 Å². The van der Waals surface area contributed by atoms with E-state index in [0.29, 0.717) is 18.1 Å². The molecule has 0 aliphatic heterocycles. The number of nitrogens with zero attached hydrogens (tertiary/aromatic N) is 5. The van der Waals surface area contributed by atoms with E-state index in [1.807, 2.05) is 44.2 Å². The molecule has 144 valence electrons. The summed E-state index contributed by atoms with van der Waals surface area (Å²) < 4.78 is 5.32. The van der Waals surface area contributed by atoms with Crippen molar-refractivity contribution < 1.29 is 9.57 Å². The molecule has 0 aromatic carbocycles. The summed E-state index contributed by atoms with van der Waals surface area (Å²) >= 11 is 0. The van der Waals surface area contributed by atoms with Gasteiger partial charge in [0.15, 0.2) is 5.82 Å². The smallest absolute Gasteiger partial charge is 0.176 e. The standard InChI is InChI=1S/C21H23N5O2/c1-15-13-18(27-3)14-20(24-15)19-9-4-7-17(25-19)8-5-12-28-26-16(2)21-22-10-6-11-23-21/h4,6-7,9-11,13-14H,5,8,12H2,1-3H3/b26-16+. The maximum Gasteiger partial charge on any atom is 0.176 e. The van der Waals surface area contributed by atoms with Crippen molar-refractivity contribution in [1.29, 1.82) is 0 Å². The van der Waals surface area contributed by atoms with Crippen LogP contribution in [0.15, 0.2) is 53.9 Å². The summed E-state index contributed by atoms with van der Waals surface area (Å²) in [5.74, 6) is 1.34. The SMILES string of the molecule is COc1cc(C)nc(-c2cccc(CCCO/N=C(\C)c3ncccn3)n2)c1. The fourth-order valence-electron chi connectivity index (χ4n) is 2.63. The first-order valence-corrected chi connectivity index (χ1v) is 9.08. The van der Waals surface area contributed by atoms with Gasteiger partial charge in [0.1, 0.15) is 18.1 Å². The average molecular weight is 377 g/mol. The predicted molar refractivity (Wildman–Crippen MR) is 107 cm³/mol. The molecule has 3 aromatic rings. The Morgan fingerprint density at radius 3 is 2.64 bits per heavy atom. The van der Waals surface area contributed by atoms with Gasteiger partial charge in [-0.25, -0.2) is 9.97 Å². The van der Waals surface area contributed by atoms with Gasteiger partial charge in [-0.05, 0) is 44.9 Å². The fraction of sp³-hybridized carbons (Fsp3) is 0.286. The topological polar surface area (TPSA) is 82.4 Å². The third-order valence-electron chi connectivity index (χ3n) is 3.99. The molecule has 0 aliphatic rings. The van der Waals surface area contributed by atoms with Gasteiger partial charge in [-0.2, -0.15) is 0 Å². The molecule has 3 aromatic heterocycles. The number of aryl methyl sites for hydroxylation is 2. The molecule has 0 spiro atoms.